The molecule has 0 fully saturated rings. The van der Waals surface area contributed by atoms with Gasteiger partial charge in [0.1, 0.15) is 5.58 Å². The molecule has 0 radical (unpaired) electrons. The molecule has 0 bridgehead atoms. The number of hydrogen-bond donors (Lipinski definition) is 1. The van der Waals surface area contributed by atoms with Crippen LogP contribution in [-0.4, -0.2) is 10.8 Å². The zero-order valence-corrected chi connectivity index (χ0v) is 11.8. The topological polar surface area (TPSA) is 85.4 Å². The molecule has 1 heterocycles. The first-order chi connectivity index (χ1) is 10.5. The SMILES string of the molecule is O=C(Nc1ccc([N+](=O)[O-])cc1)c1cc2cc(Cl)ccc2o1. The number of carbonyl (C=O) groups is 1. The number of benzene rings is 2. The molecule has 22 heavy (non-hydrogen) atoms. The predicted molar refractivity (Wildman–Crippen MR) is 82.3 cm³/mol. The van der Waals surface area contributed by atoms with E-state index in [1.54, 1.807) is 24.3 Å². The quantitative estimate of drug-likeness (QED) is 0.578. The first-order valence-corrected chi connectivity index (χ1v) is 6.65. The van der Waals surface area contributed by atoms with Crippen molar-refractivity contribution in [2.75, 3.05) is 5.32 Å². The van der Waals surface area contributed by atoms with E-state index in [0.29, 0.717) is 16.3 Å². The Balaban J connectivity index is 1.81. The third-order valence-electron chi connectivity index (χ3n) is 3.04. The van der Waals surface area contributed by atoms with E-state index >= 15 is 0 Å². The van der Waals surface area contributed by atoms with Crippen molar-refractivity contribution in [2.24, 2.45) is 0 Å². The number of halogens is 1. The fourth-order valence-corrected chi connectivity index (χ4v) is 2.17. The lowest BCUT2D eigenvalue weighted by Gasteiger charge is -2.02. The van der Waals surface area contributed by atoms with Crippen LogP contribution in [-0.2, 0) is 0 Å². The molecular weight excluding hydrogens is 308 g/mol. The average molecular weight is 317 g/mol. The molecule has 6 nitrogen and oxygen atoms in total. The standard InChI is InChI=1S/C15H9ClN2O4/c16-10-1-6-13-9(7-10)8-14(22-13)15(19)17-11-2-4-12(5-3-11)18(20)21/h1-8H,(H,17,19). The van der Waals surface area contributed by atoms with Gasteiger partial charge in [0.2, 0.25) is 0 Å². The summed E-state index contributed by atoms with van der Waals surface area (Å²) in [6.07, 6.45) is 0. The number of nitrogens with one attached hydrogen (secondary N) is 1. The number of amides is 1. The van der Waals surface area contributed by atoms with Crippen molar-refractivity contribution in [2.45, 2.75) is 0 Å². The largest absolute Gasteiger partial charge is 0.451 e. The second-order valence-corrected chi connectivity index (χ2v) is 4.99. The van der Waals surface area contributed by atoms with Crippen molar-refractivity contribution in [3.05, 3.63) is 69.4 Å². The van der Waals surface area contributed by atoms with Gasteiger partial charge in [0, 0.05) is 28.2 Å². The zero-order chi connectivity index (χ0) is 15.7. The highest BCUT2D eigenvalue weighted by Crippen LogP contribution is 2.24. The number of non-ortho nitro benzene ring substituents is 1. The Morgan fingerprint density at radius 1 is 1.14 bits per heavy atom. The van der Waals surface area contributed by atoms with E-state index in [2.05, 4.69) is 5.32 Å². The summed E-state index contributed by atoms with van der Waals surface area (Å²) in [5.41, 5.74) is 0.948. The number of nitro groups is 1. The van der Waals surface area contributed by atoms with Gasteiger partial charge >= 0.3 is 0 Å². The molecule has 0 unspecified atom stereocenters. The lowest BCUT2D eigenvalue weighted by atomic mass is 10.2. The highest BCUT2D eigenvalue weighted by Gasteiger charge is 2.13. The van der Waals surface area contributed by atoms with Crippen LogP contribution >= 0.6 is 11.6 Å². The zero-order valence-electron chi connectivity index (χ0n) is 11.1. The highest BCUT2D eigenvalue weighted by atomic mass is 35.5. The lowest BCUT2D eigenvalue weighted by molar-refractivity contribution is -0.384. The molecule has 3 aromatic rings. The number of furan rings is 1. The monoisotopic (exact) mass is 316 g/mol. The van der Waals surface area contributed by atoms with Crippen molar-refractivity contribution >= 4 is 39.9 Å². The Labute approximate surface area is 129 Å². The second kappa shape index (κ2) is 5.50. The number of rotatable bonds is 3. The van der Waals surface area contributed by atoms with Crippen molar-refractivity contribution in [3.63, 3.8) is 0 Å². The summed E-state index contributed by atoms with van der Waals surface area (Å²) in [6.45, 7) is 0. The summed E-state index contributed by atoms with van der Waals surface area (Å²) in [7, 11) is 0. The van der Waals surface area contributed by atoms with Crippen molar-refractivity contribution in [3.8, 4) is 0 Å². The van der Waals surface area contributed by atoms with Crippen LogP contribution in [0.4, 0.5) is 11.4 Å². The Morgan fingerprint density at radius 2 is 1.86 bits per heavy atom. The van der Waals surface area contributed by atoms with Crippen LogP contribution in [0.5, 0.6) is 0 Å². The maximum atomic E-state index is 12.1. The Kier molecular flexibility index (Phi) is 3.52. The molecule has 0 aliphatic rings. The molecule has 0 aliphatic heterocycles. The van der Waals surface area contributed by atoms with Crippen LogP contribution in [0.2, 0.25) is 5.02 Å². The number of carbonyl (C=O) groups excluding carboxylic acids is 1. The molecular formula is C15H9ClN2O4. The lowest BCUT2D eigenvalue weighted by Crippen LogP contribution is -2.10. The summed E-state index contributed by atoms with van der Waals surface area (Å²) in [4.78, 5) is 22.2. The molecule has 1 aromatic heterocycles. The van der Waals surface area contributed by atoms with Gasteiger partial charge in [0.15, 0.2) is 5.76 Å². The summed E-state index contributed by atoms with van der Waals surface area (Å²) < 4.78 is 5.44. The van der Waals surface area contributed by atoms with Crippen LogP contribution in [0.25, 0.3) is 11.0 Å². The van der Waals surface area contributed by atoms with Crippen molar-refractivity contribution in [1.82, 2.24) is 0 Å². The molecule has 1 amide bonds. The van der Waals surface area contributed by atoms with Gasteiger partial charge in [0.05, 0.1) is 4.92 Å². The number of fused-ring (bicyclic) bond motifs is 1. The minimum atomic E-state index is -0.505. The first-order valence-electron chi connectivity index (χ1n) is 6.28. The molecule has 3 rings (SSSR count). The number of nitro benzene ring substituents is 1. The summed E-state index contributed by atoms with van der Waals surface area (Å²) in [5.74, 6) is -0.309. The molecule has 0 saturated carbocycles. The normalized spacial score (nSPS) is 10.6. The predicted octanol–water partition coefficient (Wildman–Crippen LogP) is 4.25. The molecule has 0 saturated heterocycles. The minimum absolute atomic E-state index is 0.0450. The Morgan fingerprint density at radius 3 is 2.55 bits per heavy atom. The Bertz CT molecular complexity index is 871. The molecule has 1 N–H and O–H groups in total. The van der Waals surface area contributed by atoms with Gasteiger partial charge in [-0.05, 0) is 36.4 Å². The summed E-state index contributed by atoms with van der Waals surface area (Å²) in [5, 5.41) is 14.5. The van der Waals surface area contributed by atoms with Gasteiger partial charge in [-0.15, -0.1) is 0 Å². The maximum Gasteiger partial charge on any atom is 0.291 e. The Hall–Kier alpha value is -2.86. The third-order valence-corrected chi connectivity index (χ3v) is 3.27. The van der Waals surface area contributed by atoms with Crippen molar-refractivity contribution in [1.29, 1.82) is 0 Å². The van der Waals surface area contributed by atoms with Crippen LogP contribution < -0.4 is 5.32 Å². The van der Waals surface area contributed by atoms with E-state index in [4.69, 9.17) is 16.0 Å². The van der Waals surface area contributed by atoms with E-state index in [1.807, 2.05) is 0 Å². The fraction of sp³-hybridized carbons (Fsp3) is 0. The minimum Gasteiger partial charge on any atom is -0.451 e. The molecule has 0 spiro atoms. The van der Waals surface area contributed by atoms with Crippen LogP contribution in [0.3, 0.4) is 0 Å². The summed E-state index contributed by atoms with van der Waals surface area (Å²) in [6, 6.07) is 12.2. The molecule has 2 aromatic carbocycles. The van der Waals surface area contributed by atoms with Crippen molar-refractivity contribution < 1.29 is 14.1 Å². The van der Waals surface area contributed by atoms with Gasteiger partial charge in [-0.3, -0.25) is 14.9 Å². The number of nitrogens with zero attached hydrogens (tertiary/aromatic N) is 1. The number of hydrogen-bond acceptors (Lipinski definition) is 4. The third kappa shape index (κ3) is 2.77. The van der Waals surface area contributed by atoms with E-state index in [9.17, 15) is 14.9 Å². The number of anilines is 1. The van der Waals surface area contributed by atoms with Crippen LogP contribution in [0.1, 0.15) is 10.6 Å². The molecule has 7 heteroatoms. The van der Waals surface area contributed by atoms with Gasteiger partial charge < -0.3 is 9.73 Å². The maximum absolute atomic E-state index is 12.1. The van der Waals surface area contributed by atoms with Gasteiger partial charge in [-0.25, -0.2) is 0 Å². The summed E-state index contributed by atoms with van der Waals surface area (Å²) >= 11 is 5.88. The van der Waals surface area contributed by atoms with Gasteiger partial charge in [0.25, 0.3) is 11.6 Å². The average Bonchev–Trinajstić information content (AvgIpc) is 2.91. The van der Waals surface area contributed by atoms with Crippen LogP contribution in [0, 0.1) is 10.1 Å². The molecule has 0 aliphatic carbocycles. The molecule has 0 atom stereocenters. The van der Waals surface area contributed by atoms with E-state index in [1.165, 1.54) is 24.3 Å². The van der Waals surface area contributed by atoms with Gasteiger partial charge in [-0.2, -0.15) is 0 Å². The highest BCUT2D eigenvalue weighted by molar-refractivity contribution is 6.31. The second-order valence-electron chi connectivity index (χ2n) is 4.55. The van der Waals surface area contributed by atoms with E-state index < -0.39 is 10.8 Å². The van der Waals surface area contributed by atoms with E-state index in [0.717, 1.165) is 5.39 Å². The van der Waals surface area contributed by atoms with E-state index in [-0.39, 0.29) is 11.4 Å². The molecule has 110 valence electrons. The smallest absolute Gasteiger partial charge is 0.291 e. The van der Waals surface area contributed by atoms with Gasteiger partial charge in [-0.1, -0.05) is 11.6 Å². The first kappa shape index (κ1) is 14.1. The fourth-order valence-electron chi connectivity index (χ4n) is 1.99. The van der Waals surface area contributed by atoms with Crippen LogP contribution in [0.15, 0.2) is 52.9 Å².